The Balaban J connectivity index is 1.51. The normalized spacial score (nSPS) is 10.7. The van der Waals surface area contributed by atoms with E-state index in [9.17, 15) is 9.59 Å². The minimum Gasteiger partial charge on any atom is -0.352 e. The van der Waals surface area contributed by atoms with E-state index >= 15 is 0 Å². The molecule has 0 aliphatic heterocycles. The van der Waals surface area contributed by atoms with Gasteiger partial charge in [0.1, 0.15) is 5.01 Å². The first-order chi connectivity index (χ1) is 12.7. The topological polar surface area (TPSA) is 71.1 Å². The molecule has 2 amide bonds. The molecule has 0 unspecified atom stereocenters. The molecule has 0 bridgehead atoms. The minimum absolute atomic E-state index is 0.0934. The number of thioether (sulfide) groups is 1. The maximum Gasteiger partial charge on any atom is 0.251 e. The molecule has 3 aromatic rings. The second-order valence-electron chi connectivity index (χ2n) is 5.56. The number of nitrogens with zero attached hydrogens (tertiary/aromatic N) is 1. The van der Waals surface area contributed by atoms with Crippen LogP contribution in [0.1, 0.15) is 22.3 Å². The van der Waals surface area contributed by atoms with Gasteiger partial charge in [0.15, 0.2) is 0 Å². The van der Waals surface area contributed by atoms with Gasteiger partial charge in [-0.15, -0.1) is 23.1 Å². The van der Waals surface area contributed by atoms with Gasteiger partial charge in [-0.05, 0) is 37.3 Å². The highest BCUT2D eigenvalue weighted by molar-refractivity contribution is 7.99. The highest BCUT2D eigenvalue weighted by Gasteiger charge is 2.08. The van der Waals surface area contributed by atoms with Gasteiger partial charge in [-0.3, -0.25) is 9.59 Å². The zero-order chi connectivity index (χ0) is 18.4. The molecule has 0 spiro atoms. The minimum atomic E-state index is -0.145. The molecule has 134 valence electrons. The van der Waals surface area contributed by atoms with Crippen LogP contribution in [0, 0.1) is 0 Å². The standard InChI is InChI=1S/C19H19N3O2S2/c1-2-20-19(24)13-6-5-7-14(10-13)21-17(23)11-25-12-18-22-15-8-3-4-9-16(15)26-18/h3-10H,2,11-12H2,1H3,(H,20,24)(H,21,23). The van der Waals surface area contributed by atoms with Crippen LogP contribution in [0.25, 0.3) is 10.2 Å². The van der Waals surface area contributed by atoms with Crippen molar-refractivity contribution >= 4 is 50.8 Å². The lowest BCUT2D eigenvalue weighted by atomic mass is 10.2. The molecule has 0 fully saturated rings. The molecule has 1 heterocycles. The van der Waals surface area contributed by atoms with E-state index < -0.39 is 0 Å². The van der Waals surface area contributed by atoms with Crippen LogP contribution in [-0.2, 0) is 10.5 Å². The third-order valence-corrected chi connectivity index (χ3v) is 5.71. The van der Waals surface area contributed by atoms with Gasteiger partial charge in [-0.25, -0.2) is 4.98 Å². The number of carbonyl (C=O) groups is 2. The second kappa shape index (κ2) is 8.82. The molecule has 0 atom stereocenters. The van der Waals surface area contributed by atoms with Crippen LogP contribution in [-0.4, -0.2) is 29.1 Å². The van der Waals surface area contributed by atoms with Crippen LogP contribution in [0.3, 0.4) is 0 Å². The molecule has 0 saturated heterocycles. The van der Waals surface area contributed by atoms with Crippen molar-refractivity contribution in [2.45, 2.75) is 12.7 Å². The van der Waals surface area contributed by atoms with Crippen LogP contribution >= 0.6 is 23.1 Å². The van der Waals surface area contributed by atoms with Gasteiger partial charge in [0, 0.05) is 23.5 Å². The Kier molecular flexibility index (Phi) is 6.25. The third-order valence-electron chi connectivity index (χ3n) is 3.54. The first-order valence-corrected chi connectivity index (χ1v) is 10.2. The summed E-state index contributed by atoms with van der Waals surface area (Å²) in [6.45, 7) is 2.43. The van der Waals surface area contributed by atoms with Gasteiger partial charge in [-0.1, -0.05) is 18.2 Å². The molecule has 3 rings (SSSR count). The lowest BCUT2D eigenvalue weighted by molar-refractivity contribution is -0.113. The zero-order valence-corrected chi connectivity index (χ0v) is 16.0. The second-order valence-corrected chi connectivity index (χ2v) is 7.66. The molecular weight excluding hydrogens is 366 g/mol. The monoisotopic (exact) mass is 385 g/mol. The van der Waals surface area contributed by atoms with E-state index in [1.54, 1.807) is 35.6 Å². The molecule has 0 radical (unpaired) electrons. The Morgan fingerprint density at radius 1 is 1.15 bits per heavy atom. The van der Waals surface area contributed by atoms with E-state index in [4.69, 9.17) is 0 Å². The van der Waals surface area contributed by atoms with Crippen molar-refractivity contribution < 1.29 is 9.59 Å². The molecule has 0 aliphatic carbocycles. The summed E-state index contributed by atoms with van der Waals surface area (Å²) in [6.07, 6.45) is 0. The summed E-state index contributed by atoms with van der Waals surface area (Å²) in [5.41, 5.74) is 2.16. The van der Waals surface area contributed by atoms with Gasteiger partial charge < -0.3 is 10.6 Å². The SMILES string of the molecule is CCNC(=O)c1cccc(NC(=O)CSCc2nc3ccccc3s2)c1. The fourth-order valence-corrected chi connectivity index (χ4v) is 4.26. The molecule has 1 aromatic heterocycles. The van der Waals surface area contributed by atoms with Crippen molar-refractivity contribution in [3.63, 3.8) is 0 Å². The number of amides is 2. The highest BCUT2D eigenvalue weighted by atomic mass is 32.2. The van der Waals surface area contributed by atoms with Crippen molar-refractivity contribution in [3.05, 3.63) is 59.1 Å². The lowest BCUT2D eigenvalue weighted by Gasteiger charge is -2.07. The molecule has 5 nitrogen and oxygen atoms in total. The van der Waals surface area contributed by atoms with Gasteiger partial charge in [-0.2, -0.15) is 0 Å². The third kappa shape index (κ3) is 4.83. The molecule has 0 aliphatic rings. The summed E-state index contributed by atoms with van der Waals surface area (Å²) in [7, 11) is 0. The van der Waals surface area contributed by atoms with Crippen molar-refractivity contribution in [1.29, 1.82) is 0 Å². The van der Waals surface area contributed by atoms with Gasteiger partial charge in [0.25, 0.3) is 5.91 Å². The summed E-state index contributed by atoms with van der Waals surface area (Å²) in [5, 5.41) is 6.60. The van der Waals surface area contributed by atoms with Crippen molar-refractivity contribution in [3.8, 4) is 0 Å². The van der Waals surface area contributed by atoms with E-state index in [0.717, 1.165) is 15.2 Å². The quantitative estimate of drug-likeness (QED) is 0.647. The summed E-state index contributed by atoms with van der Waals surface area (Å²) in [5.74, 6) is 0.797. The first kappa shape index (κ1) is 18.4. The summed E-state index contributed by atoms with van der Waals surface area (Å²) in [4.78, 5) is 28.5. The van der Waals surface area contributed by atoms with Crippen molar-refractivity contribution in [2.75, 3.05) is 17.6 Å². The van der Waals surface area contributed by atoms with Crippen LogP contribution < -0.4 is 10.6 Å². The Labute approximate surface area is 160 Å². The number of benzene rings is 2. The summed E-state index contributed by atoms with van der Waals surface area (Å²) < 4.78 is 1.16. The molecule has 2 aromatic carbocycles. The van der Waals surface area contributed by atoms with Crippen molar-refractivity contribution in [2.24, 2.45) is 0 Å². The van der Waals surface area contributed by atoms with E-state index in [1.165, 1.54) is 11.8 Å². The Morgan fingerprint density at radius 2 is 2.00 bits per heavy atom. The zero-order valence-electron chi connectivity index (χ0n) is 14.3. The Morgan fingerprint density at radius 3 is 2.81 bits per heavy atom. The predicted molar refractivity (Wildman–Crippen MR) is 109 cm³/mol. The van der Waals surface area contributed by atoms with Crippen molar-refractivity contribution in [1.82, 2.24) is 10.3 Å². The van der Waals surface area contributed by atoms with Crippen LogP contribution in [0.15, 0.2) is 48.5 Å². The molecular formula is C19H19N3O2S2. The smallest absolute Gasteiger partial charge is 0.251 e. The molecule has 26 heavy (non-hydrogen) atoms. The number of hydrogen-bond donors (Lipinski definition) is 2. The number of nitrogens with one attached hydrogen (secondary N) is 2. The highest BCUT2D eigenvalue weighted by Crippen LogP contribution is 2.24. The number of fused-ring (bicyclic) bond motifs is 1. The van der Waals surface area contributed by atoms with Gasteiger partial charge >= 0.3 is 0 Å². The van der Waals surface area contributed by atoms with Crippen LogP contribution in [0.4, 0.5) is 5.69 Å². The first-order valence-electron chi connectivity index (χ1n) is 8.26. The molecule has 0 saturated carbocycles. The van der Waals surface area contributed by atoms with Gasteiger partial charge in [0.05, 0.1) is 16.0 Å². The fourth-order valence-electron chi connectivity index (χ4n) is 2.41. The number of aromatic nitrogens is 1. The summed E-state index contributed by atoms with van der Waals surface area (Å²) in [6, 6.07) is 15.0. The number of hydrogen-bond acceptors (Lipinski definition) is 5. The number of thiazole rings is 1. The lowest BCUT2D eigenvalue weighted by Crippen LogP contribution is -2.23. The largest absolute Gasteiger partial charge is 0.352 e. The number of carbonyl (C=O) groups excluding carboxylic acids is 2. The molecule has 7 heteroatoms. The van der Waals surface area contributed by atoms with E-state index in [1.807, 2.05) is 25.1 Å². The number of anilines is 1. The van der Waals surface area contributed by atoms with Crippen LogP contribution in [0.2, 0.25) is 0 Å². The Bertz CT molecular complexity index is 891. The summed E-state index contributed by atoms with van der Waals surface area (Å²) >= 11 is 3.18. The maximum atomic E-state index is 12.1. The van der Waals surface area contributed by atoms with E-state index in [2.05, 4.69) is 21.7 Å². The van der Waals surface area contributed by atoms with Gasteiger partial charge in [0.2, 0.25) is 5.91 Å². The Hall–Kier alpha value is -2.38. The van der Waals surface area contributed by atoms with E-state index in [-0.39, 0.29) is 11.8 Å². The fraction of sp³-hybridized carbons (Fsp3) is 0.211. The number of rotatable bonds is 7. The average Bonchev–Trinajstić information content (AvgIpc) is 3.05. The predicted octanol–water partition coefficient (Wildman–Crippen LogP) is 3.92. The maximum absolute atomic E-state index is 12.1. The average molecular weight is 386 g/mol. The van der Waals surface area contributed by atoms with Crippen LogP contribution in [0.5, 0.6) is 0 Å². The number of para-hydroxylation sites is 1. The van der Waals surface area contributed by atoms with E-state index in [0.29, 0.717) is 29.3 Å². The molecule has 2 N–H and O–H groups in total.